The molecule has 2 aromatic rings. The highest BCUT2D eigenvalue weighted by Gasteiger charge is 2.06. The monoisotopic (exact) mass is 341 g/mol. The van der Waals surface area contributed by atoms with Crippen molar-refractivity contribution in [3.8, 4) is 11.5 Å². The Morgan fingerprint density at radius 1 is 0.960 bits per heavy atom. The molecule has 2 rings (SSSR count). The summed E-state index contributed by atoms with van der Waals surface area (Å²) in [4.78, 5) is 12.0. The van der Waals surface area contributed by atoms with Crippen molar-refractivity contribution >= 4 is 11.6 Å². The third kappa shape index (κ3) is 6.14. The van der Waals surface area contributed by atoms with Crippen LogP contribution in [0.3, 0.4) is 0 Å². The molecule has 2 aromatic carbocycles. The molecule has 0 bridgehead atoms. The van der Waals surface area contributed by atoms with Crippen LogP contribution in [0.4, 0.5) is 5.69 Å². The Morgan fingerprint density at radius 2 is 1.56 bits per heavy atom. The van der Waals surface area contributed by atoms with E-state index in [2.05, 4.69) is 26.1 Å². The summed E-state index contributed by atoms with van der Waals surface area (Å²) in [5.41, 5.74) is 1.97. The summed E-state index contributed by atoms with van der Waals surface area (Å²) in [6.45, 7) is 8.37. The second kappa shape index (κ2) is 9.11. The quantitative estimate of drug-likeness (QED) is 0.734. The number of nitrogens with one attached hydrogen (secondary N) is 1. The molecule has 0 saturated carbocycles. The van der Waals surface area contributed by atoms with Gasteiger partial charge in [-0.2, -0.15) is 0 Å². The Kier molecular flexibility index (Phi) is 6.87. The Hall–Kier alpha value is -2.49. The highest BCUT2D eigenvalue weighted by atomic mass is 16.5. The maximum absolute atomic E-state index is 12.0. The zero-order valence-electron chi connectivity index (χ0n) is 15.4. The van der Waals surface area contributed by atoms with Gasteiger partial charge in [-0.15, -0.1) is 0 Å². The van der Waals surface area contributed by atoms with Gasteiger partial charge in [-0.25, -0.2) is 0 Å². The maximum Gasteiger partial charge on any atom is 0.262 e. The molecule has 0 saturated heterocycles. The minimum atomic E-state index is -0.191. The van der Waals surface area contributed by atoms with Crippen LogP contribution in [0.1, 0.15) is 45.6 Å². The summed E-state index contributed by atoms with van der Waals surface area (Å²) in [6, 6.07) is 15.2. The van der Waals surface area contributed by atoms with E-state index in [0.717, 1.165) is 17.9 Å². The van der Waals surface area contributed by atoms with Gasteiger partial charge in [0, 0.05) is 5.69 Å². The van der Waals surface area contributed by atoms with Crippen LogP contribution in [0.15, 0.2) is 48.5 Å². The third-order valence-electron chi connectivity index (χ3n) is 3.97. The van der Waals surface area contributed by atoms with Gasteiger partial charge in [-0.05, 0) is 61.2 Å². The lowest BCUT2D eigenvalue weighted by molar-refractivity contribution is -0.118. The van der Waals surface area contributed by atoms with Crippen molar-refractivity contribution in [2.45, 2.75) is 46.1 Å². The predicted octanol–water partition coefficient (Wildman–Crippen LogP) is 5.00. The SMILES string of the molecule is CCC(C)Oc1ccc(NC(=O)COc2ccc(C(C)C)cc2)cc1. The van der Waals surface area contributed by atoms with Crippen LogP contribution in [-0.2, 0) is 4.79 Å². The molecule has 0 aliphatic rings. The van der Waals surface area contributed by atoms with Gasteiger partial charge >= 0.3 is 0 Å². The van der Waals surface area contributed by atoms with Crippen LogP contribution in [0.2, 0.25) is 0 Å². The first-order valence-corrected chi connectivity index (χ1v) is 8.77. The predicted molar refractivity (Wildman–Crippen MR) is 101 cm³/mol. The summed E-state index contributed by atoms with van der Waals surface area (Å²) < 4.78 is 11.2. The van der Waals surface area contributed by atoms with Gasteiger partial charge in [-0.1, -0.05) is 32.9 Å². The summed E-state index contributed by atoms with van der Waals surface area (Å²) in [5, 5.41) is 2.82. The number of amides is 1. The molecule has 1 unspecified atom stereocenters. The fourth-order valence-corrected chi connectivity index (χ4v) is 2.23. The second-order valence-electron chi connectivity index (χ2n) is 6.42. The maximum atomic E-state index is 12.0. The molecule has 1 atom stereocenters. The summed E-state index contributed by atoms with van der Waals surface area (Å²) >= 11 is 0. The van der Waals surface area contributed by atoms with E-state index >= 15 is 0 Å². The first kappa shape index (κ1) is 18.8. The minimum absolute atomic E-state index is 0.0217. The van der Waals surface area contributed by atoms with Crippen LogP contribution in [-0.4, -0.2) is 18.6 Å². The molecule has 0 heterocycles. The van der Waals surface area contributed by atoms with Gasteiger partial charge in [0.15, 0.2) is 6.61 Å². The van der Waals surface area contributed by atoms with E-state index in [4.69, 9.17) is 9.47 Å². The van der Waals surface area contributed by atoms with Crippen molar-refractivity contribution < 1.29 is 14.3 Å². The Labute approximate surface area is 150 Å². The van der Waals surface area contributed by atoms with E-state index in [1.807, 2.05) is 55.5 Å². The van der Waals surface area contributed by atoms with E-state index in [-0.39, 0.29) is 18.6 Å². The topological polar surface area (TPSA) is 47.6 Å². The summed E-state index contributed by atoms with van der Waals surface area (Å²) in [7, 11) is 0. The van der Waals surface area contributed by atoms with Gasteiger partial charge in [-0.3, -0.25) is 4.79 Å². The molecule has 0 spiro atoms. The number of hydrogen-bond donors (Lipinski definition) is 1. The average molecular weight is 341 g/mol. The molecule has 0 fully saturated rings. The van der Waals surface area contributed by atoms with Crippen molar-refractivity contribution in [1.82, 2.24) is 0 Å². The van der Waals surface area contributed by atoms with Crippen molar-refractivity contribution in [1.29, 1.82) is 0 Å². The van der Waals surface area contributed by atoms with Crippen molar-refractivity contribution in [3.63, 3.8) is 0 Å². The lowest BCUT2D eigenvalue weighted by Gasteiger charge is -2.13. The Balaban J connectivity index is 1.81. The first-order chi connectivity index (χ1) is 12.0. The molecule has 0 radical (unpaired) electrons. The number of carbonyl (C=O) groups is 1. The number of anilines is 1. The normalized spacial score (nSPS) is 11.9. The van der Waals surface area contributed by atoms with Gasteiger partial charge in [0.1, 0.15) is 11.5 Å². The van der Waals surface area contributed by atoms with Gasteiger partial charge in [0.05, 0.1) is 6.10 Å². The number of ether oxygens (including phenoxy) is 2. The van der Waals surface area contributed by atoms with Crippen molar-refractivity contribution in [3.05, 3.63) is 54.1 Å². The summed E-state index contributed by atoms with van der Waals surface area (Å²) in [5.74, 6) is 1.78. The molecule has 1 amide bonds. The molecule has 0 aliphatic heterocycles. The second-order valence-corrected chi connectivity index (χ2v) is 6.42. The van der Waals surface area contributed by atoms with Gasteiger partial charge < -0.3 is 14.8 Å². The zero-order chi connectivity index (χ0) is 18.2. The van der Waals surface area contributed by atoms with Crippen LogP contribution in [0, 0.1) is 0 Å². The van der Waals surface area contributed by atoms with E-state index in [0.29, 0.717) is 11.7 Å². The Morgan fingerprint density at radius 3 is 2.12 bits per heavy atom. The van der Waals surface area contributed by atoms with Crippen LogP contribution < -0.4 is 14.8 Å². The highest BCUT2D eigenvalue weighted by molar-refractivity contribution is 5.91. The fourth-order valence-electron chi connectivity index (χ4n) is 2.23. The first-order valence-electron chi connectivity index (χ1n) is 8.77. The molecule has 25 heavy (non-hydrogen) atoms. The van der Waals surface area contributed by atoms with Gasteiger partial charge in [0.25, 0.3) is 5.91 Å². The molecular weight excluding hydrogens is 314 g/mol. The van der Waals surface area contributed by atoms with E-state index in [1.54, 1.807) is 0 Å². The highest BCUT2D eigenvalue weighted by Crippen LogP contribution is 2.19. The lowest BCUT2D eigenvalue weighted by Crippen LogP contribution is -2.20. The minimum Gasteiger partial charge on any atom is -0.491 e. The molecule has 134 valence electrons. The largest absolute Gasteiger partial charge is 0.491 e. The molecule has 1 N–H and O–H groups in total. The van der Waals surface area contributed by atoms with Crippen molar-refractivity contribution in [2.24, 2.45) is 0 Å². The zero-order valence-corrected chi connectivity index (χ0v) is 15.4. The molecule has 0 aliphatic carbocycles. The van der Waals surface area contributed by atoms with Crippen LogP contribution in [0.5, 0.6) is 11.5 Å². The average Bonchev–Trinajstić information content (AvgIpc) is 2.62. The smallest absolute Gasteiger partial charge is 0.262 e. The van der Waals surface area contributed by atoms with E-state index in [1.165, 1.54) is 5.56 Å². The van der Waals surface area contributed by atoms with Crippen LogP contribution >= 0.6 is 0 Å². The molecule has 0 aromatic heterocycles. The number of hydrogen-bond acceptors (Lipinski definition) is 3. The van der Waals surface area contributed by atoms with E-state index in [9.17, 15) is 4.79 Å². The molecular formula is C21H27NO3. The van der Waals surface area contributed by atoms with E-state index < -0.39 is 0 Å². The molecule has 4 nitrogen and oxygen atoms in total. The standard InChI is InChI=1S/C21H27NO3/c1-5-16(4)25-20-12-8-18(9-13-20)22-21(23)14-24-19-10-6-17(7-11-19)15(2)3/h6-13,15-16H,5,14H2,1-4H3,(H,22,23). The fraction of sp³-hybridized carbons (Fsp3) is 0.381. The molecule has 4 heteroatoms. The number of benzene rings is 2. The Bertz CT molecular complexity index is 663. The summed E-state index contributed by atoms with van der Waals surface area (Å²) in [6.07, 6.45) is 1.13. The number of carbonyl (C=O) groups excluding carboxylic acids is 1. The third-order valence-corrected chi connectivity index (χ3v) is 3.97. The van der Waals surface area contributed by atoms with Gasteiger partial charge in [0.2, 0.25) is 0 Å². The van der Waals surface area contributed by atoms with Crippen LogP contribution in [0.25, 0.3) is 0 Å². The van der Waals surface area contributed by atoms with Crippen molar-refractivity contribution in [2.75, 3.05) is 11.9 Å². The lowest BCUT2D eigenvalue weighted by atomic mass is 10.0. The number of rotatable bonds is 8.